The Hall–Kier alpha value is -2.00. The molecule has 0 aromatic heterocycles. The van der Waals surface area contributed by atoms with Gasteiger partial charge in [0.05, 0.1) is 15.2 Å². The molecule has 8 nitrogen and oxygen atoms in total. The molecule has 0 aliphatic heterocycles. The lowest BCUT2D eigenvalue weighted by molar-refractivity contribution is -0.384. The van der Waals surface area contributed by atoms with Gasteiger partial charge in [0.1, 0.15) is 0 Å². The van der Waals surface area contributed by atoms with Crippen molar-refractivity contribution in [3.8, 4) is 0 Å². The number of sulfonamides is 1. The van der Waals surface area contributed by atoms with Gasteiger partial charge in [0.25, 0.3) is 5.69 Å². The van der Waals surface area contributed by atoms with Gasteiger partial charge in [0, 0.05) is 18.7 Å². The van der Waals surface area contributed by atoms with Gasteiger partial charge in [-0.1, -0.05) is 6.92 Å². The molecule has 0 heterocycles. The Balaban J connectivity index is 2.92. The summed E-state index contributed by atoms with van der Waals surface area (Å²) in [6, 6.07) is 4.35. The Morgan fingerprint density at radius 1 is 1.38 bits per heavy atom. The molecule has 1 unspecified atom stereocenters. The first kappa shape index (κ1) is 17.1. The lowest BCUT2D eigenvalue weighted by atomic mass is 9.88. The number of nitro benzene ring substituents is 1. The highest BCUT2D eigenvalue weighted by Gasteiger charge is 2.32. The summed E-state index contributed by atoms with van der Waals surface area (Å²) in [5.74, 6) is -1.10. The largest absolute Gasteiger partial charge is 0.481 e. The Morgan fingerprint density at radius 2 is 1.90 bits per heavy atom. The molecule has 1 atom stereocenters. The van der Waals surface area contributed by atoms with E-state index in [1.165, 1.54) is 6.92 Å². The summed E-state index contributed by atoms with van der Waals surface area (Å²) in [5, 5.41) is 19.6. The quantitative estimate of drug-likeness (QED) is 0.578. The van der Waals surface area contributed by atoms with E-state index in [1.54, 1.807) is 6.92 Å². The summed E-state index contributed by atoms with van der Waals surface area (Å²) in [6.07, 6.45) is 0.255. The predicted octanol–water partition coefficient (Wildman–Crippen LogP) is 1.37. The molecule has 0 spiro atoms. The van der Waals surface area contributed by atoms with Gasteiger partial charge in [0.2, 0.25) is 10.0 Å². The van der Waals surface area contributed by atoms with Crippen LogP contribution in [0.3, 0.4) is 0 Å². The number of nitrogens with zero attached hydrogens (tertiary/aromatic N) is 1. The van der Waals surface area contributed by atoms with Crippen LogP contribution in [0.4, 0.5) is 5.69 Å². The van der Waals surface area contributed by atoms with Crippen molar-refractivity contribution < 1.29 is 23.2 Å². The Labute approximate surface area is 122 Å². The monoisotopic (exact) mass is 316 g/mol. The number of carbonyl (C=O) groups is 1. The SMILES string of the molecule is CCC(C)(CNS(=O)(=O)c1ccc([N+](=O)[O-])cc1)C(=O)O. The van der Waals surface area contributed by atoms with E-state index in [0.29, 0.717) is 0 Å². The zero-order valence-electron chi connectivity index (χ0n) is 11.6. The second-order valence-electron chi connectivity index (χ2n) is 4.79. The third-order valence-electron chi connectivity index (χ3n) is 3.31. The molecule has 21 heavy (non-hydrogen) atoms. The van der Waals surface area contributed by atoms with Crippen LogP contribution < -0.4 is 4.72 Å². The van der Waals surface area contributed by atoms with Crippen molar-refractivity contribution in [1.82, 2.24) is 4.72 Å². The number of aliphatic carboxylic acids is 1. The van der Waals surface area contributed by atoms with Gasteiger partial charge < -0.3 is 5.11 Å². The van der Waals surface area contributed by atoms with E-state index >= 15 is 0 Å². The molecule has 0 bridgehead atoms. The maximum Gasteiger partial charge on any atom is 0.310 e. The van der Waals surface area contributed by atoms with E-state index in [2.05, 4.69) is 4.72 Å². The molecule has 9 heteroatoms. The minimum Gasteiger partial charge on any atom is -0.481 e. The first-order valence-corrected chi connectivity index (χ1v) is 7.58. The zero-order chi connectivity index (χ0) is 16.3. The number of hydrogen-bond donors (Lipinski definition) is 2. The average Bonchev–Trinajstić information content (AvgIpc) is 2.44. The lowest BCUT2D eigenvalue weighted by Gasteiger charge is -2.23. The van der Waals surface area contributed by atoms with Crippen LogP contribution in [0.5, 0.6) is 0 Å². The fraction of sp³-hybridized carbons (Fsp3) is 0.417. The van der Waals surface area contributed by atoms with E-state index in [4.69, 9.17) is 5.11 Å². The summed E-state index contributed by atoms with van der Waals surface area (Å²) >= 11 is 0. The standard InChI is InChI=1S/C12H16N2O6S/c1-3-12(2,11(15)16)8-13-21(19,20)10-6-4-9(5-7-10)14(17)18/h4-7,13H,3,8H2,1-2H3,(H,15,16). The lowest BCUT2D eigenvalue weighted by Crippen LogP contribution is -2.40. The van der Waals surface area contributed by atoms with Gasteiger partial charge in [-0.2, -0.15) is 0 Å². The highest BCUT2D eigenvalue weighted by molar-refractivity contribution is 7.89. The molecule has 0 radical (unpaired) electrons. The van der Waals surface area contributed by atoms with Crippen molar-refractivity contribution in [3.05, 3.63) is 34.4 Å². The summed E-state index contributed by atoms with van der Waals surface area (Å²) in [6.45, 7) is 2.82. The van der Waals surface area contributed by atoms with E-state index in [1.807, 2.05) is 0 Å². The summed E-state index contributed by atoms with van der Waals surface area (Å²) in [4.78, 5) is 20.8. The van der Waals surface area contributed by atoms with Crippen LogP contribution in [0, 0.1) is 15.5 Å². The number of nitro groups is 1. The van der Waals surface area contributed by atoms with Crippen molar-refractivity contribution in [1.29, 1.82) is 0 Å². The van der Waals surface area contributed by atoms with Crippen LogP contribution in [-0.4, -0.2) is 31.0 Å². The van der Waals surface area contributed by atoms with Crippen LogP contribution in [0.1, 0.15) is 20.3 Å². The van der Waals surface area contributed by atoms with Gasteiger partial charge >= 0.3 is 5.97 Å². The molecule has 116 valence electrons. The molecular weight excluding hydrogens is 300 g/mol. The van der Waals surface area contributed by atoms with E-state index in [-0.39, 0.29) is 23.5 Å². The first-order valence-electron chi connectivity index (χ1n) is 6.10. The molecule has 0 saturated carbocycles. The Morgan fingerprint density at radius 3 is 2.29 bits per heavy atom. The van der Waals surface area contributed by atoms with E-state index in [9.17, 15) is 23.3 Å². The highest BCUT2D eigenvalue weighted by Crippen LogP contribution is 2.22. The van der Waals surface area contributed by atoms with Crippen molar-refractivity contribution in [3.63, 3.8) is 0 Å². The van der Waals surface area contributed by atoms with Gasteiger partial charge in [-0.25, -0.2) is 13.1 Å². The fourth-order valence-corrected chi connectivity index (χ4v) is 2.61. The van der Waals surface area contributed by atoms with Crippen molar-refractivity contribution >= 4 is 21.7 Å². The molecule has 0 amide bonds. The smallest absolute Gasteiger partial charge is 0.310 e. The zero-order valence-corrected chi connectivity index (χ0v) is 12.4. The Kier molecular flexibility index (Phi) is 5.02. The molecule has 1 aromatic rings. The van der Waals surface area contributed by atoms with Crippen LogP contribution in [0.15, 0.2) is 29.2 Å². The number of hydrogen-bond acceptors (Lipinski definition) is 5. The number of rotatable bonds is 7. The average molecular weight is 316 g/mol. The number of nitrogens with one attached hydrogen (secondary N) is 1. The van der Waals surface area contributed by atoms with Gasteiger partial charge in [-0.05, 0) is 25.5 Å². The molecule has 1 rings (SSSR count). The van der Waals surface area contributed by atoms with Crippen LogP contribution in [0.2, 0.25) is 0 Å². The molecule has 0 aliphatic rings. The topological polar surface area (TPSA) is 127 Å². The molecule has 2 N–H and O–H groups in total. The maximum atomic E-state index is 12.0. The number of carboxylic acids is 1. The van der Waals surface area contributed by atoms with Gasteiger partial charge in [-0.15, -0.1) is 0 Å². The first-order chi connectivity index (χ1) is 9.62. The van der Waals surface area contributed by atoms with Crippen LogP contribution >= 0.6 is 0 Å². The maximum absolute atomic E-state index is 12.0. The van der Waals surface area contributed by atoms with Crippen molar-refractivity contribution in [2.24, 2.45) is 5.41 Å². The fourth-order valence-electron chi connectivity index (χ4n) is 1.44. The molecule has 1 aromatic carbocycles. The molecule has 0 fully saturated rings. The van der Waals surface area contributed by atoms with E-state index < -0.39 is 26.3 Å². The molecular formula is C12H16N2O6S. The summed E-state index contributed by atoms with van der Waals surface area (Å²) < 4.78 is 26.3. The van der Waals surface area contributed by atoms with Gasteiger partial charge in [-0.3, -0.25) is 14.9 Å². The van der Waals surface area contributed by atoms with Crippen molar-refractivity contribution in [2.45, 2.75) is 25.2 Å². The second kappa shape index (κ2) is 6.19. The van der Waals surface area contributed by atoms with Crippen LogP contribution in [0.25, 0.3) is 0 Å². The third kappa shape index (κ3) is 3.99. The second-order valence-corrected chi connectivity index (χ2v) is 6.56. The minimum atomic E-state index is -3.92. The minimum absolute atomic E-state index is 0.156. The van der Waals surface area contributed by atoms with Crippen molar-refractivity contribution in [2.75, 3.05) is 6.54 Å². The van der Waals surface area contributed by atoms with Gasteiger partial charge in [0.15, 0.2) is 0 Å². The number of carboxylic acid groups (broad SMARTS) is 1. The van der Waals surface area contributed by atoms with E-state index in [0.717, 1.165) is 24.3 Å². The molecule has 0 saturated heterocycles. The highest BCUT2D eigenvalue weighted by atomic mass is 32.2. The molecule has 0 aliphatic carbocycles. The predicted molar refractivity (Wildman–Crippen MR) is 74.3 cm³/mol. The number of non-ortho nitro benzene ring substituents is 1. The summed E-state index contributed by atoms with van der Waals surface area (Å²) in [5.41, 5.74) is -1.44. The van der Waals surface area contributed by atoms with Crippen LogP contribution in [-0.2, 0) is 14.8 Å². The number of benzene rings is 1. The summed E-state index contributed by atoms with van der Waals surface area (Å²) in [7, 11) is -3.92. The Bertz CT molecular complexity index is 640. The third-order valence-corrected chi connectivity index (χ3v) is 4.72. The normalized spacial score (nSPS) is 14.4.